The highest BCUT2D eigenvalue weighted by Crippen LogP contribution is 2.18. The van der Waals surface area contributed by atoms with Crippen LogP contribution in [-0.2, 0) is 10.6 Å². The van der Waals surface area contributed by atoms with Gasteiger partial charge in [-0.15, -0.1) is 11.6 Å². The van der Waals surface area contributed by atoms with Crippen molar-refractivity contribution in [1.82, 2.24) is 0 Å². The molecule has 1 aromatic rings. The fourth-order valence-corrected chi connectivity index (χ4v) is 1.43. The van der Waals surface area contributed by atoms with Crippen LogP contribution in [0.2, 0.25) is 0 Å². The zero-order valence-electron chi connectivity index (χ0n) is 8.75. The second-order valence-electron chi connectivity index (χ2n) is 3.01. The SMILES string of the molecule is CCOC(=O)Oc1ccc(CCl)c(C)c1. The van der Waals surface area contributed by atoms with Gasteiger partial charge in [-0.25, -0.2) is 4.79 Å². The molecule has 4 heteroatoms. The first kappa shape index (κ1) is 11.9. The summed E-state index contributed by atoms with van der Waals surface area (Å²) in [4.78, 5) is 11.0. The van der Waals surface area contributed by atoms with Crippen molar-refractivity contribution >= 4 is 17.8 Å². The second-order valence-corrected chi connectivity index (χ2v) is 3.27. The molecule has 0 unspecified atom stereocenters. The van der Waals surface area contributed by atoms with Crippen molar-refractivity contribution in [2.75, 3.05) is 6.61 Å². The van der Waals surface area contributed by atoms with Gasteiger partial charge in [0.1, 0.15) is 5.75 Å². The van der Waals surface area contributed by atoms with Gasteiger partial charge in [0.2, 0.25) is 0 Å². The zero-order valence-corrected chi connectivity index (χ0v) is 9.50. The van der Waals surface area contributed by atoms with Gasteiger partial charge in [-0.3, -0.25) is 0 Å². The predicted molar refractivity (Wildman–Crippen MR) is 58.4 cm³/mol. The topological polar surface area (TPSA) is 35.5 Å². The van der Waals surface area contributed by atoms with Crippen molar-refractivity contribution in [2.24, 2.45) is 0 Å². The fraction of sp³-hybridized carbons (Fsp3) is 0.364. The molecule has 0 heterocycles. The normalized spacial score (nSPS) is 9.80. The van der Waals surface area contributed by atoms with Gasteiger partial charge in [-0.1, -0.05) is 6.07 Å². The Balaban J connectivity index is 2.71. The highest BCUT2D eigenvalue weighted by molar-refractivity contribution is 6.17. The zero-order chi connectivity index (χ0) is 11.3. The van der Waals surface area contributed by atoms with Gasteiger partial charge < -0.3 is 9.47 Å². The Morgan fingerprint density at radius 2 is 2.20 bits per heavy atom. The first-order valence-electron chi connectivity index (χ1n) is 4.67. The lowest BCUT2D eigenvalue weighted by Gasteiger charge is -2.06. The van der Waals surface area contributed by atoms with E-state index in [1.54, 1.807) is 19.1 Å². The summed E-state index contributed by atoms with van der Waals surface area (Å²) in [6.45, 7) is 3.94. The number of hydrogen-bond donors (Lipinski definition) is 0. The summed E-state index contributed by atoms with van der Waals surface area (Å²) in [6, 6.07) is 5.28. The minimum absolute atomic E-state index is 0.303. The van der Waals surface area contributed by atoms with Crippen molar-refractivity contribution in [3.63, 3.8) is 0 Å². The van der Waals surface area contributed by atoms with Crippen LogP contribution >= 0.6 is 11.6 Å². The molecule has 0 saturated carbocycles. The molecule has 1 rings (SSSR count). The van der Waals surface area contributed by atoms with Crippen LogP contribution in [0.3, 0.4) is 0 Å². The third-order valence-electron chi connectivity index (χ3n) is 1.92. The standard InChI is InChI=1S/C11H13ClO3/c1-3-14-11(13)15-10-5-4-9(7-12)8(2)6-10/h4-6H,3,7H2,1-2H3. The quantitative estimate of drug-likeness (QED) is 0.453. The molecule has 0 atom stereocenters. The Morgan fingerprint density at radius 1 is 1.47 bits per heavy atom. The fourth-order valence-electron chi connectivity index (χ4n) is 1.13. The number of aryl methyl sites for hydroxylation is 1. The molecule has 0 bridgehead atoms. The number of halogens is 1. The molecule has 82 valence electrons. The molecule has 0 fully saturated rings. The Hall–Kier alpha value is -1.22. The van der Waals surface area contributed by atoms with Gasteiger partial charge in [-0.2, -0.15) is 0 Å². The van der Waals surface area contributed by atoms with Gasteiger partial charge in [0.25, 0.3) is 0 Å². The third-order valence-corrected chi connectivity index (χ3v) is 2.21. The maximum absolute atomic E-state index is 11.0. The van der Waals surface area contributed by atoms with Crippen molar-refractivity contribution in [2.45, 2.75) is 19.7 Å². The van der Waals surface area contributed by atoms with E-state index in [9.17, 15) is 4.79 Å². The number of rotatable bonds is 3. The maximum atomic E-state index is 11.0. The van der Waals surface area contributed by atoms with Crippen molar-refractivity contribution < 1.29 is 14.3 Å². The smallest absolute Gasteiger partial charge is 0.434 e. The number of carbonyl (C=O) groups excluding carboxylic acids is 1. The summed E-state index contributed by atoms with van der Waals surface area (Å²) < 4.78 is 9.59. The van der Waals surface area contributed by atoms with Crippen LogP contribution < -0.4 is 4.74 Å². The Kier molecular flexibility index (Phi) is 4.43. The van der Waals surface area contributed by atoms with Crippen LogP contribution in [0.15, 0.2) is 18.2 Å². The van der Waals surface area contributed by atoms with E-state index < -0.39 is 6.16 Å². The van der Waals surface area contributed by atoms with Crippen molar-refractivity contribution in [3.8, 4) is 5.75 Å². The van der Waals surface area contributed by atoms with Gasteiger partial charge in [0.05, 0.1) is 6.61 Å². The Morgan fingerprint density at radius 3 is 2.73 bits per heavy atom. The molecule has 0 aliphatic rings. The first-order chi connectivity index (χ1) is 7.17. The average molecular weight is 229 g/mol. The summed E-state index contributed by atoms with van der Waals surface area (Å²) in [5, 5.41) is 0. The van der Waals surface area contributed by atoms with Crippen LogP contribution in [-0.4, -0.2) is 12.8 Å². The first-order valence-corrected chi connectivity index (χ1v) is 5.21. The number of alkyl halides is 1. The predicted octanol–water partition coefficient (Wildman–Crippen LogP) is 3.27. The van der Waals surface area contributed by atoms with Crippen LogP contribution in [0.25, 0.3) is 0 Å². The average Bonchev–Trinajstić information content (AvgIpc) is 2.18. The molecule has 0 spiro atoms. The van der Waals surface area contributed by atoms with Crippen molar-refractivity contribution in [1.29, 1.82) is 0 Å². The number of hydrogen-bond acceptors (Lipinski definition) is 3. The number of benzene rings is 1. The van der Waals surface area contributed by atoms with E-state index in [2.05, 4.69) is 4.74 Å². The van der Waals surface area contributed by atoms with E-state index >= 15 is 0 Å². The maximum Gasteiger partial charge on any atom is 0.513 e. The van der Waals surface area contributed by atoms with Crippen LogP contribution in [0, 0.1) is 6.92 Å². The second kappa shape index (κ2) is 5.61. The highest BCUT2D eigenvalue weighted by Gasteiger charge is 2.06. The molecule has 0 radical (unpaired) electrons. The molecule has 0 aliphatic carbocycles. The molecule has 3 nitrogen and oxygen atoms in total. The number of ether oxygens (including phenoxy) is 2. The van der Waals surface area contributed by atoms with Gasteiger partial charge in [0, 0.05) is 5.88 Å². The Bertz CT molecular complexity index is 350. The summed E-state index contributed by atoms with van der Waals surface area (Å²) in [7, 11) is 0. The summed E-state index contributed by atoms with van der Waals surface area (Å²) in [5.74, 6) is 0.922. The summed E-state index contributed by atoms with van der Waals surface area (Å²) in [6.07, 6.45) is -0.685. The van der Waals surface area contributed by atoms with E-state index in [1.807, 2.05) is 13.0 Å². The van der Waals surface area contributed by atoms with E-state index in [0.29, 0.717) is 18.2 Å². The van der Waals surface area contributed by atoms with Crippen LogP contribution in [0.5, 0.6) is 5.75 Å². The molecular formula is C11H13ClO3. The third kappa shape index (κ3) is 3.44. The molecule has 1 aromatic carbocycles. The monoisotopic (exact) mass is 228 g/mol. The summed E-state index contributed by atoms with van der Waals surface area (Å²) >= 11 is 5.71. The van der Waals surface area contributed by atoms with Gasteiger partial charge >= 0.3 is 6.16 Å². The molecule has 0 N–H and O–H groups in total. The summed E-state index contributed by atoms with van der Waals surface area (Å²) in [5.41, 5.74) is 2.01. The molecule has 0 saturated heterocycles. The van der Waals surface area contributed by atoms with E-state index in [-0.39, 0.29) is 0 Å². The van der Waals surface area contributed by atoms with Gasteiger partial charge in [-0.05, 0) is 37.1 Å². The van der Waals surface area contributed by atoms with Crippen LogP contribution in [0.1, 0.15) is 18.1 Å². The molecule has 0 aromatic heterocycles. The van der Waals surface area contributed by atoms with E-state index in [4.69, 9.17) is 16.3 Å². The minimum Gasteiger partial charge on any atom is -0.434 e. The lowest BCUT2D eigenvalue weighted by molar-refractivity contribution is 0.104. The lowest BCUT2D eigenvalue weighted by atomic mass is 10.1. The Labute approximate surface area is 93.9 Å². The molecular weight excluding hydrogens is 216 g/mol. The van der Waals surface area contributed by atoms with Crippen molar-refractivity contribution in [3.05, 3.63) is 29.3 Å². The molecule has 0 aliphatic heterocycles. The van der Waals surface area contributed by atoms with E-state index in [1.165, 1.54) is 0 Å². The largest absolute Gasteiger partial charge is 0.513 e. The van der Waals surface area contributed by atoms with E-state index in [0.717, 1.165) is 11.1 Å². The highest BCUT2D eigenvalue weighted by atomic mass is 35.5. The minimum atomic E-state index is -0.685. The van der Waals surface area contributed by atoms with Crippen LogP contribution in [0.4, 0.5) is 4.79 Å². The molecule has 0 amide bonds. The molecule has 15 heavy (non-hydrogen) atoms. The number of carbonyl (C=O) groups is 1. The lowest BCUT2D eigenvalue weighted by Crippen LogP contribution is -2.10. The van der Waals surface area contributed by atoms with Gasteiger partial charge in [0.15, 0.2) is 0 Å².